The lowest BCUT2D eigenvalue weighted by atomic mass is 10.3. The number of sulfonamides is 1. The number of pyridine rings is 1. The van der Waals surface area contributed by atoms with Gasteiger partial charge in [-0.05, 0) is 19.9 Å². The summed E-state index contributed by atoms with van der Waals surface area (Å²) in [6.07, 6.45) is 2.51. The van der Waals surface area contributed by atoms with Crippen molar-refractivity contribution in [2.45, 2.75) is 31.0 Å². The lowest BCUT2D eigenvalue weighted by Crippen LogP contribution is -2.48. The van der Waals surface area contributed by atoms with Crippen LogP contribution >= 0.6 is 0 Å². The second-order valence-corrected chi connectivity index (χ2v) is 6.40. The molecule has 18 heavy (non-hydrogen) atoms. The standard InChI is InChI=1S/C11H17N3O3S/c1-8-6-14(7-9(2)17-8)18(15,16)11-5-13-4-3-10(11)12/h3-5,8-9H,6-7H2,1-2H3,(H2,12,13). The van der Waals surface area contributed by atoms with Gasteiger partial charge in [-0.25, -0.2) is 8.42 Å². The minimum atomic E-state index is -3.59. The van der Waals surface area contributed by atoms with E-state index < -0.39 is 10.0 Å². The van der Waals surface area contributed by atoms with Crippen LogP contribution in [-0.4, -0.2) is 43.0 Å². The highest BCUT2D eigenvalue weighted by atomic mass is 32.2. The molecule has 2 atom stereocenters. The van der Waals surface area contributed by atoms with E-state index in [2.05, 4.69) is 4.98 Å². The van der Waals surface area contributed by atoms with Gasteiger partial charge in [0.2, 0.25) is 10.0 Å². The van der Waals surface area contributed by atoms with Gasteiger partial charge < -0.3 is 10.5 Å². The molecule has 0 radical (unpaired) electrons. The maximum atomic E-state index is 12.4. The summed E-state index contributed by atoms with van der Waals surface area (Å²) in [7, 11) is -3.59. The molecule has 0 saturated carbocycles. The van der Waals surface area contributed by atoms with Gasteiger partial charge in [-0.1, -0.05) is 0 Å². The average Bonchev–Trinajstić information content (AvgIpc) is 2.28. The van der Waals surface area contributed by atoms with E-state index in [1.807, 2.05) is 13.8 Å². The van der Waals surface area contributed by atoms with Gasteiger partial charge in [0.15, 0.2) is 0 Å². The zero-order valence-corrected chi connectivity index (χ0v) is 11.2. The van der Waals surface area contributed by atoms with Crippen molar-refractivity contribution in [1.82, 2.24) is 9.29 Å². The van der Waals surface area contributed by atoms with Crippen LogP contribution in [0.15, 0.2) is 23.4 Å². The van der Waals surface area contributed by atoms with Crippen molar-refractivity contribution in [2.24, 2.45) is 0 Å². The smallest absolute Gasteiger partial charge is 0.246 e. The Bertz CT molecular complexity index is 522. The van der Waals surface area contributed by atoms with Gasteiger partial charge in [-0.2, -0.15) is 4.31 Å². The summed E-state index contributed by atoms with van der Waals surface area (Å²) in [5, 5.41) is 0. The van der Waals surface area contributed by atoms with E-state index >= 15 is 0 Å². The van der Waals surface area contributed by atoms with E-state index in [9.17, 15) is 8.42 Å². The van der Waals surface area contributed by atoms with Crippen molar-refractivity contribution in [3.05, 3.63) is 18.5 Å². The van der Waals surface area contributed by atoms with Crippen LogP contribution in [-0.2, 0) is 14.8 Å². The zero-order chi connectivity index (χ0) is 13.3. The highest BCUT2D eigenvalue weighted by Crippen LogP contribution is 2.24. The number of morpholine rings is 1. The molecular formula is C11H17N3O3S. The third-order valence-corrected chi connectivity index (χ3v) is 4.70. The maximum Gasteiger partial charge on any atom is 0.246 e. The highest BCUT2D eigenvalue weighted by molar-refractivity contribution is 7.89. The third kappa shape index (κ3) is 2.47. The summed E-state index contributed by atoms with van der Waals surface area (Å²) < 4.78 is 31.8. The summed E-state index contributed by atoms with van der Waals surface area (Å²) in [6, 6.07) is 1.49. The molecule has 1 aromatic heterocycles. The molecule has 1 saturated heterocycles. The molecule has 1 aliphatic rings. The number of rotatable bonds is 2. The SMILES string of the molecule is CC1CN(S(=O)(=O)c2cnccc2N)CC(C)O1. The van der Waals surface area contributed by atoms with Crippen LogP contribution in [0, 0.1) is 0 Å². The molecule has 2 N–H and O–H groups in total. The van der Waals surface area contributed by atoms with Gasteiger partial charge in [0.25, 0.3) is 0 Å². The van der Waals surface area contributed by atoms with Crippen LogP contribution in [0.25, 0.3) is 0 Å². The molecule has 1 fully saturated rings. The van der Waals surface area contributed by atoms with E-state index in [0.717, 1.165) is 0 Å². The normalized spacial score (nSPS) is 26.1. The largest absolute Gasteiger partial charge is 0.398 e. The summed E-state index contributed by atoms with van der Waals surface area (Å²) in [5.41, 5.74) is 5.92. The first-order chi connectivity index (χ1) is 8.41. The molecule has 1 aliphatic heterocycles. The molecule has 2 rings (SSSR count). The van der Waals surface area contributed by atoms with Crippen molar-refractivity contribution < 1.29 is 13.2 Å². The second-order valence-electron chi connectivity index (χ2n) is 4.49. The molecule has 1 aromatic rings. The van der Waals surface area contributed by atoms with Crippen molar-refractivity contribution in [3.63, 3.8) is 0 Å². The lowest BCUT2D eigenvalue weighted by molar-refractivity contribution is -0.0440. The van der Waals surface area contributed by atoms with Gasteiger partial charge in [-0.3, -0.25) is 4.98 Å². The average molecular weight is 271 g/mol. The first kappa shape index (κ1) is 13.3. The van der Waals surface area contributed by atoms with Crippen molar-refractivity contribution in [3.8, 4) is 0 Å². The molecule has 6 nitrogen and oxygen atoms in total. The van der Waals surface area contributed by atoms with Gasteiger partial charge in [0.05, 0.1) is 17.9 Å². The van der Waals surface area contributed by atoms with E-state index in [0.29, 0.717) is 13.1 Å². The fourth-order valence-corrected chi connectivity index (χ4v) is 3.72. The number of anilines is 1. The minimum absolute atomic E-state index is 0.0614. The molecule has 7 heteroatoms. The van der Waals surface area contributed by atoms with Crippen LogP contribution in [0.1, 0.15) is 13.8 Å². The fraction of sp³-hybridized carbons (Fsp3) is 0.545. The Balaban J connectivity index is 2.34. The monoisotopic (exact) mass is 271 g/mol. The van der Waals surface area contributed by atoms with Crippen LogP contribution in [0.2, 0.25) is 0 Å². The summed E-state index contributed by atoms with van der Waals surface area (Å²) >= 11 is 0. The predicted molar refractivity (Wildman–Crippen MR) is 67.4 cm³/mol. The van der Waals surface area contributed by atoms with E-state index in [1.54, 1.807) is 0 Å². The summed E-state index contributed by atoms with van der Waals surface area (Å²) in [4.78, 5) is 3.89. The Kier molecular flexibility index (Phi) is 3.56. The Labute approximate surface area is 107 Å². The number of aromatic nitrogens is 1. The first-order valence-electron chi connectivity index (χ1n) is 5.76. The van der Waals surface area contributed by atoms with Gasteiger partial charge >= 0.3 is 0 Å². The number of nitrogens with zero attached hydrogens (tertiary/aromatic N) is 2. The first-order valence-corrected chi connectivity index (χ1v) is 7.20. The number of hydrogen-bond donors (Lipinski definition) is 1. The van der Waals surface area contributed by atoms with E-state index in [-0.39, 0.29) is 22.8 Å². The lowest BCUT2D eigenvalue weighted by Gasteiger charge is -2.34. The van der Waals surface area contributed by atoms with Gasteiger partial charge in [-0.15, -0.1) is 0 Å². The number of nitrogens with two attached hydrogens (primary N) is 1. The van der Waals surface area contributed by atoms with Crippen LogP contribution < -0.4 is 5.73 Å². The number of hydrogen-bond acceptors (Lipinski definition) is 5. The summed E-state index contributed by atoms with van der Waals surface area (Å²) in [6.45, 7) is 4.37. The topological polar surface area (TPSA) is 85.5 Å². The molecule has 0 bridgehead atoms. The molecule has 0 amide bonds. The molecular weight excluding hydrogens is 254 g/mol. The Hall–Kier alpha value is -1.18. The number of ether oxygens (including phenoxy) is 1. The second kappa shape index (κ2) is 4.83. The third-order valence-electron chi connectivity index (χ3n) is 2.82. The van der Waals surface area contributed by atoms with E-state index in [1.165, 1.54) is 22.8 Å². The molecule has 100 valence electrons. The maximum absolute atomic E-state index is 12.4. The Morgan fingerprint density at radius 3 is 2.56 bits per heavy atom. The Morgan fingerprint density at radius 2 is 2.00 bits per heavy atom. The van der Waals surface area contributed by atoms with Crippen molar-refractivity contribution >= 4 is 15.7 Å². The van der Waals surface area contributed by atoms with Crippen molar-refractivity contribution in [1.29, 1.82) is 0 Å². The van der Waals surface area contributed by atoms with Crippen LogP contribution in [0.4, 0.5) is 5.69 Å². The van der Waals surface area contributed by atoms with Crippen LogP contribution in [0.3, 0.4) is 0 Å². The zero-order valence-electron chi connectivity index (χ0n) is 10.4. The molecule has 0 aromatic carbocycles. The van der Waals surface area contributed by atoms with Crippen molar-refractivity contribution in [2.75, 3.05) is 18.8 Å². The highest BCUT2D eigenvalue weighted by Gasteiger charge is 2.33. The molecule has 0 spiro atoms. The molecule has 2 unspecified atom stereocenters. The van der Waals surface area contributed by atoms with Gasteiger partial charge in [0.1, 0.15) is 4.90 Å². The fourth-order valence-electron chi connectivity index (χ4n) is 2.07. The summed E-state index contributed by atoms with van der Waals surface area (Å²) in [5.74, 6) is 0. The van der Waals surface area contributed by atoms with E-state index in [4.69, 9.17) is 10.5 Å². The van der Waals surface area contributed by atoms with Crippen LogP contribution in [0.5, 0.6) is 0 Å². The molecule has 0 aliphatic carbocycles. The predicted octanol–water partition coefficient (Wildman–Crippen LogP) is 0.462. The number of nitrogen functional groups attached to an aromatic ring is 1. The minimum Gasteiger partial charge on any atom is -0.398 e. The Morgan fingerprint density at radius 1 is 1.39 bits per heavy atom. The molecule has 2 heterocycles. The van der Waals surface area contributed by atoms with Gasteiger partial charge in [0, 0.05) is 25.5 Å². The quantitative estimate of drug-likeness (QED) is 0.844.